The lowest BCUT2D eigenvalue weighted by Gasteiger charge is -2.02. The number of hydrogen-bond acceptors (Lipinski definition) is 1. The van der Waals surface area contributed by atoms with Gasteiger partial charge < -0.3 is 4.74 Å². The van der Waals surface area contributed by atoms with Crippen LogP contribution in [0.15, 0.2) is 0 Å². The van der Waals surface area contributed by atoms with Gasteiger partial charge in [0.2, 0.25) is 0 Å². The maximum atomic E-state index is 11.6. The highest BCUT2D eigenvalue weighted by molar-refractivity contribution is 4.42. The van der Waals surface area contributed by atoms with E-state index in [2.05, 4.69) is 0 Å². The molecule has 0 saturated carbocycles. The minimum Gasteiger partial charge on any atom is -0.381 e. The Morgan fingerprint density at radius 3 is 1.46 bits per heavy atom. The number of hydrogen-bond donors (Lipinski definition) is 0. The fraction of sp³-hybridized carbons (Fsp3) is 1.00. The Bertz CT molecular complexity index is 79.0. The van der Waals surface area contributed by atoms with E-state index in [1.54, 1.807) is 0 Å². The molecule has 3 heteroatoms. The van der Waals surface area contributed by atoms with E-state index < -0.39 is 0 Å². The molecular weight excluding hydrogens is 174 g/mol. The highest BCUT2D eigenvalue weighted by Gasteiger charge is 1.91. The molecule has 0 atom stereocenters. The summed E-state index contributed by atoms with van der Waals surface area (Å²) in [6.45, 7) is 0.984. The second-order valence-electron chi connectivity index (χ2n) is 3.11. The molecule has 0 aromatic rings. The monoisotopic (exact) mass is 194 g/mol. The topological polar surface area (TPSA) is 9.23 Å². The van der Waals surface area contributed by atoms with E-state index in [4.69, 9.17) is 4.74 Å². The van der Waals surface area contributed by atoms with Gasteiger partial charge in [-0.05, 0) is 38.5 Å². The molecule has 0 aromatic carbocycles. The van der Waals surface area contributed by atoms with Gasteiger partial charge in [-0.2, -0.15) is 0 Å². The van der Waals surface area contributed by atoms with Crippen LogP contribution in [-0.2, 0) is 4.74 Å². The van der Waals surface area contributed by atoms with Gasteiger partial charge in [-0.1, -0.05) is 0 Å². The fourth-order valence-electron chi connectivity index (χ4n) is 1.05. The van der Waals surface area contributed by atoms with E-state index in [-0.39, 0.29) is 13.3 Å². The van der Waals surface area contributed by atoms with Crippen molar-refractivity contribution in [3.05, 3.63) is 0 Å². The number of unbranched alkanes of at least 4 members (excludes halogenated alkanes) is 4. The molecule has 0 aliphatic carbocycles. The van der Waals surface area contributed by atoms with Crippen LogP contribution in [0.3, 0.4) is 0 Å². The van der Waals surface area contributed by atoms with Crippen molar-refractivity contribution in [3.63, 3.8) is 0 Å². The zero-order valence-corrected chi connectivity index (χ0v) is 8.24. The molecule has 13 heavy (non-hydrogen) atoms. The number of alkyl halides is 2. The van der Waals surface area contributed by atoms with E-state index in [1.165, 1.54) is 0 Å². The summed E-state index contributed by atoms with van der Waals surface area (Å²) in [5.41, 5.74) is 0. The summed E-state index contributed by atoms with van der Waals surface area (Å²) in [6.07, 6.45) is 4.97. The van der Waals surface area contributed by atoms with Crippen molar-refractivity contribution in [3.8, 4) is 0 Å². The van der Waals surface area contributed by atoms with Crippen molar-refractivity contribution < 1.29 is 13.5 Å². The fourth-order valence-corrected chi connectivity index (χ4v) is 1.05. The smallest absolute Gasteiger partial charge is 0.0894 e. The molecule has 0 rings (SSSR count). The van der Waals surface area contributed by atoms with Gasteiger partial charge in [-0.25, -0.2) is 0 Å². The molecule has 80 valence electrons. The first-order valence-corrected chi connectivity index (χ1v) is 5.11. The van der Waals surface area contributed by atoms with Gasteiger partial charge in [-0.3, -0.25) is 8.78 Å². The van der Waals surface area contributed by atoms with Crippen molar-refractivity contribution >= 4 is 0 Å². The Kier molecular flexibility index (Phi) is 11.7. The molecular formula is C10H20F2O. The average Bonchev–Trinajstić information content (AvgIpc) is 2.16. The lowest BCUT2D eigenvalue weighted by Crippen LogP contribution is -1.97. The zero-order chi connectivity index (χ0) is 9.78. The molecule has 0 aliphatic heterocycles. The van der Waals surface area contributed by atoms with Crippen LogP contribution in [0, 0.1) is 0 Å². The summed E-state index contributed by atoms with van der Waals surface area (Å²) in [6, 6.07) is 0. The highest BCUT2D eigenvalue weighted by Crippen LogP contribution is 1.99. The Hall–Kier alpha value is -0.180. The second-order valence-corrected chi connectivity index (χ2v) is 3.11. The van der Waals surface area contributed by atoms with Gasteiger partial charge in [-0.15, -0.1) is 0 Å². The zero-order valence-electron chi connectivity index (χ0n) is 8.24. The van der Waals surface area contributed by atoms with Crippen molar-refractivity contribution in [2.24, 2.45) is 0 Å². The Balaban J connectivity index is 2.76. The molecule has 0 saturated heterocycles. The minimum absolute atomic E-state index is 0.226. The van der Waals surface area contributed by atoms with E-state index in [0.717, 1.165) is 38.9 Å². The highest BCUT2D eigenvalue weighted by atomic mass is 19.1. The van der Waals surface area contributed by atoms with Gasteiger partial charge in [0.15, 0.2) is 0 Å². The molecule has 0 fully saturated rings. The summed E-state index contributed by atoms with van der Waals surface area (Å²) < 4.78 is 28.5. The SMILES string of the molecule is FCCCCCOCCCCCF. The molecule has 0 spiro atoms. The molecule has 0 amide bonds. The third-order valence-corrected chi connectivity index (χ3v) is 1.84. The largest absolute Gasteiger partial charge is 0.381 e. The minimum atomic E-state index is -0.226. The van der Waals surface area contributed by atoms with Crippen molar-refractivity contribution in [2.45, 2.75) is 38.5 Å². The predicted octanol–water partition coefficient (Wildman–Crippen LogP) is 3.28. The first-order valence-electron chi connectivity index (χ1n) is 5.11. The Labute approximate surface area is 79.5 Å². The summed E-state index contributed by atoms with van der Waals surface area (Å²) in [4.78, 5) is 0. The van der Waals surface area contributed by atoms with Crippen LogP contribution in [0.1, 0.15) is 38.5 Å². The van der Waals surface area contributed by atoms with Crippen LogP contribution in [0.5, 0.6) is 0 Å². The van der Waals surface area contributed by atoms with Gasteiger partial charge >= 0.3 is 0 Å². The van der Waals surface area contributed by atoms with Gasteiger partial charge in [0.05, 0.1) is 13.3 Å². The molecule has 0 unspecified atom stereocenters. The lowest BCUT2D eigenvalue weighted by molar-refractivity contribution is 0.125. The Morgan fingerprint density at radius 2 is 1.08 bits per heavy atom. The molecule has 0 heterocycles. The standard InChI is InChI=1S/C10H20F2O/c11-7-3-1-5-9-13-10-6-2-4-8-12/h1-10H2. The Morgan fingerprint density at radius 1 is 0.615 bits per heavy atom. The molecule has 0 aromatic heterocycles. The maximum absolute atomic E-state index is 11.6. The summed E-state index contributed by atoms with van der Waals surface area (Å²) in [7, 11) is 0. The van der Waals surface area contributed by atoms with Crippen molar-refractivity contribution in [1.82, 2.24) is 0 Å². The van der Waals surface area contributed by atoms with Crippen LogP contribution in [0.2, 0.25) is 0 Å². The molecule has 0 N–H and O–H groups in total. The predicted molar refractivity (Wildman–Crippen MR) is 50.5 cm³/mol. The van der Waals surface area contributed by atoms with Gasteiger partial charge in [0.1, 0.15) is 0 Å². The number of ether oxygens (including phenoxy) is 1. The quantitative estimate of drug-likeness (QED) is 0.485. The number of halogens is 2. The molecule has 1 nitrogen and oxygen atoms in total. The van der Waals surface area contributed by atoms with Crippen LogP contribution in [0.25, 0.3) is 0 Å². The van der Waals surface area contributed by atoms with E-state index in [9.17, 15) is 8.78 Å². The van der Waals surface area contributed by atoms with Gasteiger partial charge in [0, 0.05) is 13.2 Å². The third kappa shape index (κ3) is 11.8. The summed E-state index contributed by atoms with van der Waals surface area (Å²) in [5.74, 6) is 0. The average molecular weight is 194 g/mol. The molecule has 0 radical (unpaired) electrons. The van der Waals surface area contributed by atoms with Crippen molar-refractivity contribution in [1.29, 1.82) is 0 Å². The van der Waals surface area contributed by atoms with Crippen LogP contribution in [0.4, 0.5) is 8.78 Å². The third-order valence-electron chi connectivity index (χ3n) is 1.84. The first-order chi connectivity index (χ1) is 6.41. The number of rotatable bonds is 10. The first kappa shape index (κ1) is 12.8. The van der Waals surface area contributed by atoms with Gasteiger partial charge in [0.25, 0.3) is 0 Å². The van der Waals surface area contributed by atoms with Crippen LogP contribution in [-0.4, -0.2) is 26.6 Å². The van der Waals surface area contributed by atoms with Crippen molar-refractivity contribution in [2.75, 3.05) is 26.6 Å². The van der Waals surface area contributed by atoms with E-state index in [0.29, 0.717) is 12.8 Å². The molecule has 0 aliphatic rings. The second kappa shape index (κ2) is 11.8. The maximum Gasteiger partial charge on any atom is 0.0894 e. The summed E-state index contributed by atoms with van der Waals surface area (Å²) >= 11 is 0. The molecule has 0 bridgehead atoms. The van der Waals surface area contributed by atoms with Crippen LogP contribution >= 0.6 is 0 Å². The van der Waals surface area contributed by atoms with Crippen LogP contribution < -0.4 is 0 Å². The van der Waals surface area contributed by atoms with E-state index in [1.807, 2.05) is 0 Å². The summed E-state index contributed by atoms with van der Waals surface area (Å²) in [5, 5.41) is 0. The normalized spacial score (nSPS) is 10.6. The lowest BCUT2D eigenvalue weighted by atomic mass is 10.2. The van der Waals surface area contributed by atoms with E-state index >= 15 is 0 Å².